The summed E-state index contributed by atoms with van der Waals surface area (Å²) in [5.41, 5.74) is 0. The Kier molecular flexibility index (Phi) is 3.09. The van der Waals surface area contributed by atoms with Gasteiger partial charge in [-0.05, 0) is 6.42 Å². The predicted molar refractivity (Wildman–Crippen MR) is 34.2 cm³/mol. The normalized spacial score (nSPS) is 12.8. The minimum absolute atomic E-state index is 0.686. The van der Waals surface area contributed by atoms with Crippen molar-refractivity contribution < 1.29 is 8.42 Å². The highest BCUT2D eigenvalue weighted by atomic mass is 35.7. The SMILES string of the molecule is CCC=CS(=O)(=O)Cl. The van der Waals surface area contributed by atoms with E-state index in [1.54, 1.807) is 0 Å². The molecule has 0 aromatic carbocycles. The van der Waals surface area contributed by atoms with Crippen molar-refractivity contribution in [2.75, 3.05) is 0 Å². The second-order valence-corrected chi connectivity index (χ2v) is 3.77. The standard InChI is InChI=1S/C4H7ClO2S/c1-2-3-4-8(5,6)7/h3-4H,2H2,1H3. The third-order valence-electron chi connectivity index (χ3n) is 0.494. The second-order valence-electron chi connectivity index (χ2n) is 1.26. The van der Waals surface area contributed by atoms with Crippen LogP contribution in [0.25, 0.3) is 0 Å². The van der Waals surface area contributed by atoms with Crippen LogP contribution in [-0.4, -0.2) is 8.42 Å². The van der Waals surface area contributed by atoms with Gasteiger partial charge in [-0.2, -0.15) is 0 Å². The first-order valence-electron chi connectivity index (χ1n) is 2.17. The number of allylic oxidation sites excluding steroid dienone is 1. The van der Waals surface area contributed by atoms with Crippen LogP contribution < -0.4 is 0 Å². The van der Waals surface area contributed by atoms with Crippen LogP contribution in [0.15, 0.2) is 11.5 Å². The molecule has 0 amide bonds. The van der Waals surface area contributed by atoms with E-state index in [2.05, 4.69) is 0 Å². The van der Waals surface area contributed by atoms with Gasteiger partial charge in [-0.3, -0.25) is 0 Å². The van der Waals surface area contributed by atoms with Crippen molar-refractivity contribution in [2.45, 2.75) is 13.3 Å². The van der Waals surface area contributed by atoms with Crippen LogP contribution in [0.5, 0.6) is 0 Å². The fraction of sp³-hybridized carbons (Fsp3) is 0.500. The number of rotatable bonds is 2. The number of hydrogen-bond acceptors (Lipinski definition) is 2. The summed E-state index contributed by atoms with van der Waals surface area (Å²) in [6.45, 7) is 1.83. The number of halogens is 1. The lowest BCUT2D eigenvalue weighted by atomic mass is 10.5. The van der Waals surface area contributed by atoms with Crippen LogP contribution in [0, 0.1) is 0 Å². The lowest BCUT2D eigenvalue weighted by molar-refractivity contribution is 0.617. The topological polar surface area (TPSA) is 34.1 Å². The molecule has 4 heteroatoms. The molecule has 0 bridgehead atoms. The van der Waals surface area contributed by atoms with Gasteiger partial charge in [0.25, 0.3) is 9.05 Å². The molecule has 0 saturated heterocycles. The van der Waals surface area contributed by atoms with E-state index in [1.165, 1.54) is 6.08 Å². The molecule has 0 spiro atoms. The Balaban J connectivity index is 3.92. The Hall–Kier alpha value is -0.0200. The Morgan fingerprint density at radius 2 is 2.12 bits per heavy atom. The van der Waals surface area contributed by atoms with Crippen LogP contribution in [0.4, 0.5) is 0 Å². The molecule has 0 aliphatic carbocycles. The zero-order chi connectivity index (χ0) is 6.62. The van der Waals surface area contributed by atoms with E-state index in [9.17, 15) is 8.42 Å². The Morgan fingerprint density at radius 3 is 2.25 bits per heavy atom. The first kappa shape index (κ1) is 7.98. The van der Waals surface area contributed by atoms with Gasteiger partial charge < -0.3 is 0 Å². The first-order chi connectivity index (χ1) is 3.56. The van der Waals surface area contributed by atoms with Crippen LogP contribution in [0.3, 0.4) is 0 Å². The summed E-state index contributed by atoms with van der Waals surface area (Å²) in [6.07, 6.45) is 2.17. The van der Waals surface area contributed by atoms with Crippen molar-refractivity contribution in [1.82, 2.24) is 0 Å². The van der Waals surface area contributed by atoms with Gasteiger partial charge >= 0.3 is 0 Å². The maximum absolute atomic E-state index is 10.1. The van der Waals surface area contributed by atoms with Crippen LogP contribution in [0.1, 0.15) is 13.3 Å². The summed E-state index contributed by atoms with van der Waals surface area (Å²) >= 11 is 0. The minimum Gasteiger partial charge on any atom is -0.208 e. The molecular weight excluding hydrogens is 148 g/mol. The van der Waals surface area contributed by atoms with E-state index < -0.39 is 9.05 Å². The van der Waals surface area contributed by atoms with Gasteiger partial charge in [-0.25, -0.2) is 8.42 Å². The summed E-state index contributed by atoms with van der Waals surface area (Å²) in [4.78, 5) is 0. The van der Waals surface area contributed by atoms with Crippen LogP contribution in [0.2, 0.25) is 0 Å². The lowest BCUT2D eigenvalue weighted by Gasteiger charge is -1.77. The van der Waals surface area contributed by atoms with E-state index in [-0.39, 0.29) is 0 Å². The molecular formula is C4H7ClO2S. The zero-order valence-corrected chi connectivity index (χ0v) is 6.04. The Morgan fingerprint density at radius 1 is 1.62 bits per heavy atom. The zero-order valence-electron chi connectivity index (χ0n) is 4.46. The highest BCUT2D eigenvalue weighted by Gasteiger charge is 1.92. The summed E-state index contributed by atoms with van der Waals surface area (Å²) in [5, 5.41) is 0.981. The molecule has 0 aromatic heterocycles. The van der Waals surface area contributed by atoms with Crippen molar-refractivity contribution >= 4 is 19.7 Å². The molecule has 0 aromatic rings. The van der Waals surface area contributed by atoms with Crippen LogP contribution >= 0.6 is 10.7 Å². The summed E-state index contributed by atoms with van der Waals surface area (Å²) in [6, 6.07) is 0. The van der Waals surface area contributed by atoms with Gasteiger partial charge in [0.1, 0.15) is 0 Å². The molecule has 0 radical (unpaired) electrons. The van der Waals surface area contributed by atoms with Crippen molar-refractivity contribution in [3.8, 4) is 0 Å². The maximum Gasteiger partial charge on any atom is 0.254 e. The number of hydrogen-bond donors (Lipinski definition) is 0. The smallest absolute Gasteiger partial charge is 0.208 e. The van der Waals surface area contributed by atoms with Crippen molar-refractivity contribution in [1.29, 1.82) is 0 Å². The molecule has 0 unspecified atom stereocenters. The molecule has 48 valence electrons. The molecule has 0 atom stereocenters. The van der Waals surface area contributed by atoms with Crippen LogP contribution in [-0.2, 0) is 9.05 Å². The quantitative estimate of drug-likeness (QED) is 0.565. The minimum atomic E-state index is -3.39. The van der Waals surface area contributed by atoms with E-state index >= 15 is 0 Å². The Labute approximate surface area is 53.6 Å². The van der Waals surface area contributed by atoms with Crippen molar-refractivity contribution in [2.24, 2.45) is 0 Å². The highest BCUT2D eigenvalue weighted by molar-refractivity contribution is 8.16. The molecule has 0 rings (SSSR count). The highest BCUT2D eigenvalue weighted by Crippen LogP contribution is 1.97. The van der Waals surface area contributed by atoms with Gasteiger partial charge in [-0.1, -0.05) is 13.0 Å². The van der Waals surface area contributed by atoms with E-state index in [4.69, 9.17) is 10.7 Å². The molecule has 0 aliphatic heterocycles. The largest absolute Gasteiger partial charge is 0.254 e. The molecule has 0 fully saturated rings. The van der Waals surface area contributed by atoms with E-state index in [0.717, 1.165) is 5.41 Å². The monoisotopic (exact) mass is 154 g/mol. The van der Waals surface area contributed by atoms with Gasteiger partial charge in [-0.15, -0.1) is 0 Å². The van der Waals surface area contributed by atoms with Crippen molar-refractivity contribution in [3.05, 3.63) is 11.5 Å². The van der Waals surface area contributed by atoms with Gasteiger partial charge in [0.05, 0.1) is 0 Å². The third-order valence-corrected chi connectivity index (χ3v) is 1.32. The summed E-state index contributed by atoms with van der Waals surface area (Å²) < 4.78 is 20.1. The molecule has 0 N–H and O–H groups in total. The second kappa shape index (κ2) is 3.10. The summed E-state index contributed by atoms with van der Waals surface area (Å²) in [5.74, 6) is 0. The molecule has 8 heavy (non-hydrogen) atoms. The summed E-state index contributed by atoms with van der Waals surface area (Å²) in [7, 11) is 1.40. The van der Waals surface area contributed by atoms with Crippen molar-refractivity contribution in [3.63, 3.8) is 0 Å². The molecule has 0 aliphatic rings. The Bertz CT molecular complexity index is 168. The lowest BCUT2D eigenvalue weighted by Crippen LogP contribution is -1.77. The van der Waals surface area contributed by atoms with E-state index in [1.807, 2.05) is 6.92 Å². The first-order valence-corrected chi connectivity index (χ1v) is 4.54. The average molecular weight is 155 g/mol. The van der Waals surface area contributed by atoms with E-state index in [0.29, 0.717) is 6.42 Å². The molecule has 0 heterocycles. The van der Waals surface area contributed by atoms with Gasteiger partial charge in [0, 0.05) is 16.1 Å². The predicted octanol–water partition coefficient (Wildman–Crippen LogP) is 1.48. The fourth-order valence-electron chi connectivity index (χ4n) is 0.211. The molecule has 0 saturated carbocycles. The molecule has 2 nitrogen and oxygen atoms in total. The fourth-order valence-corrected chi connectivity index (χ4v) is 0.852. The van der Waals surface area contributed by atoms with Gasteiger partial charge in [0.2, 0.25) is 0 Å². The maximum atomic E-state index is 10.1. The average Bonchev–Trinajstić information content (AvgIpc) is 1.59. The third kappa shape index (κ3) is 5.98. The van der Waals surface area contributed by atoms with Gasteiger partial charge in [0.15, 0.2) is 0 Å².